The number of allylic oxidation sites excluding steroid dienone is 1. The fourth-order valence-corrected chi connectivity index (χ4v) is 1.30. The van der Waals surface area contributed by atoms with E-state index in [1.807, 2.05) is 0 Å². The van der Waals surface area contributed by atoms with E-state index in [9.17, 15) is 9.59 Å². The van der Waals surface area contributed by atoms with Crippen LogP contribution in [0.2, 0.25) is 0 Å². The number of hydrogen-bond donors (Lipinski definition) is 1. The fraction of sp³-hybridized carbons (Fsp3) is 0.556. The van der Waals surface area contributed by atoms with Crippen LogP contribution < -0.4 is 5.73 Å². The van der Waals surface area contributed by atoms with E-state index in [0.717, 1.165) is 6.42 Å². The van der Waals surface area contributed by atoms with Crippen molar-refractivity contribution in [2.24, 2.45) is 5.73 Å². The molecule has 1 rings (SSSR count). The van der Waals surface area contributed by atoms with E-state index in [1.165, 1.54) is 0 Å². The van der Waals surface area contributed by atoms with Gasteiger partial charge >= 0.3 is 6.09 Å². The number of Topliss-reactive ketones (excluding diaryl/α,β-unsaturated/α-hetero) is 1. The first-order chi connectivity index (χ1) is 6.18. The zero-order valence-electron chi connectivity index (χ0n) is 7.36. The van der Waals surface area contributed by atoms with Crippen LogP contribution in [-0.2, 0) is 9.53 Å². The highest BCUT2D eigenvalue weighted by Crippen LogP contribution is 2.11. The molecule has 1 amide bonds. The molecule has 1 atom stereocenters. The summed E-state index contributed by atoms with van der Waals surface area (Å²) in [5.74, 6) is 0.230. The molecule has 0 bridgehead atoms. The smallest absolute Gasteiger partial charge is 0.405 e. The molecular weight excluding hydrogens is 170 g/mol. The topological polar surface area (TPSA) is 69.4 Å². The van der Waals surface area contributed by atoms with Crippen molar-refractivity contribution < 1.29 is 14.3 Å². The van der Waals surface area contributed by atoms with Gasteiger partial charge in [-0.2, -0.15) is 0 Å². The van der Waals surface area contributed by atoms with Crippen LogP contribution in [0.4, 0.5) is 4.79 Å². The fourth-order valence-electron chi connectivity index (χ4n) is 1.30. The molecule has 1 aliphatic rings. The molecule has 1 unspecified atom stereocenters. The van der Waals surface area contributed by atoms with E-state index in [1.54, 1.807) is 12.2 Å². The third-order valence-corrected chi connectivity index (χ3v) is 1.91. The lowest BCUT2D eigenvalue weighted by Gasteiger charge is -2.13. The molecule has 2 N–H and O–H groups in total. The van der Waals surface area contributed by atoms with E-state index in [2.05, 4.69) is 0 Å². The zero-order chi connectivity index (χ0) is 9.68. The Labute approximate surface area is 76.7 Å². The summed E-state index contributed by atoms with van der Waals surface area (Å²) in [4.78, 5) is 21.4. The normalized spacial score (nSPS) is 25.8. The van der Waals surface area contributed by atoms with Crippen molar-refractivity contribution in [2.45, 2.75) is 31.8 Å². The molecule has 4 nitrogen and oxygen atoms in total. The molecule has 0 aliphatic heterocycles. The Morgan fingerprint density at radius 1 is 1.62 bits per heavy atom. The molecule has 0 fully saturated rings. The van der Waals surface area contributed by atoms with Crippen molar-refractivity contribution in [3.05, 3.63) is 12.2 Å². The lowest BCUT2D eigenvalue weighted by Crippen LogP contribution is -2.22. The van der Waals surface area contributed by atoms with Crippen LogP contribution in [0, 0.1) is 0 Å². The molecule has 0 aromatic rings. The molecule has 0 saturated carbocycles. The largest absolute Gasteiger partial charge is 0.442 e. The molecule has 72 valence electrons. The van der Waals surface area contributed by atoms with Gasteiger partial charge in [0, 0.05) is 12.8 Å². The summed E-state index contributed by atoms with van der Waals surface area (Å²) in [5, 5.41) is 0. The third-order valence-electron chi connectivity index (χ3n) is 1.91. The van der Waals surface area contributed by atoms with Gasteiger partial charge < -0.3 is 10.5 Å². The molecule has 0 radical (unpaired) electrons. The minimum atomic E-state index is -0.762. The number of carbonyl (C=O) groups is 2. The molecule has 0 aromatic heterocycles. The predicted octanol–water partition coefficient (Wildman–Crippen LogP) is 1.15. The van der Waals surface area contributed by atoms with Crippen molar-refractivity contribution in [1.29, 1.82) is 0 Å². The molecule has 1 aliphatic carbocycles. The maximum Gasteiger partial charge on any atom is 0.405 e. The summed E-state index contributed by atoms with van der Waals surface area (Å²) >= 11 is 0. The second-order valence-electron chi connectivity index (χ2n) is 3.04. The monoisotopic (exact) mass is 183 g/mol. The highest BCUT2D eigenvalue weighted by molar-refractivity contribution is 5.79. The Morgan fingerprint density at radius 3 is 3.08 bits per heavy atom. The Morgan fingerprint density at radius 2 is 2.38 bits per heavy atom. The number of nitrogens with two attached hydrogens (primary N) is 1. The number of hydrogen-bond acceptors (Lipinski definition) is 3. The summed E-state index contributed by atoms with van der Waals surface area (Å²) in [5.41, 5.74) is 4.88. The summed E-state index contributed by atoms with van der Waals surface area (Å²) in [6.45, 7) is 0. The first-order valence-electron chi connectivity index (χ1n) is 4.33. The third kappa shape index (κ3) is 3.73. The van der Waals surface area contributed by atoms with Gasteiger partial charge in [-0.1, -0.05) is 6.08 Å². The number of primary amides is 1. The van der Waals surface area contributed by atoms with Crippen LogP contribution in [0.1, 0.15) is 25.7 Å². The van der Waals surface area contributed by atoms with Crippen molar-refractivity contribution in [3.8, 4) is 0 Å². The van der Waals surface area contributed by atoms with Gasteiger partial charge in [0.05, 0.1) is 0 Å². The number of ketones is 1. The lowest BCUT2D eigenvalue weighted by atomic mass is 10.0. The molecule has 0 spiro atoms. The lowest BCUT2D eigenvalue weighted by molar-refractivity contribution is -0.118. The second-order valence-corrected chi connectivity index (χ2v) is 3.04. The van der Waals surface area contributed by atoms with E-state index in [0.29, 0.717) is 19.3 Å². The molecule has 0 heterocycles. The summed E-state index contributed by atoms with van der Waals surface area (Å²) in [6, 6.07) is 0. The van der Waals surface area contributed by atoms with Gasteiger partial charge in [0.2, 0.25) is 0 Å². The standard InChI is InChI=1S/C9H13NO3/c10-9(12)13-8-5-1-3-7(11)4-2-6-8/h1,5,8H,2-4,6H2,(H2,10,12)/b5-1+. The van der Waals surface area contributed by atoms with Crippen molar-refractivity contribution in [3.63, 3.8) is 0 Å². The zero-order valence-corrected chi connectivity index (χ0v) is 7.36. The Kier molecular flexibility index (Phi) is 3.49. The average Bonchev–Trinajstić information content (AvgIpc) is 1.99. The van der Waals surface area contributed by atoms with E-state index in [-0.39, 0.29) is 11.9 Å². The van der Waals surface area contributed by atoms with E-state index >= 15 is 0 Å². The average molecular weight is 183 g/mol. The summed E-state index contributed by atoms with van der Waals surface area (Å²) < 4.78 is 4.80. The number of ether oxygens (including phenoxy) is 1. The molecular formula is C9H13NO3. The SMILES string of the molecule is NC(=O)OC1/C=C/CC(=O)CCC1. The Bertz CT molecular complexity index is 235. The minimum absolute atomic E-state index is 0.230. The van der Waals surface area contributed by atoms with Crippen LogP contribution in [0.15, 0.2) is 12.2 Å². The second kappa shape index (κ2) is 4.64. The molecule has 0 saturated heterocycles. The quantitative estimate of drug-likeness (QED) is 0.620. The molecule has 0 aromatic carbocycles. The summed E-state index contributed by atoms with van der Waals surface area (Å²) in [6.07, 6.45) is 4.84. The Balaban J connectivity index is 2.47. The van der Waals surface area contributed by atoms with Gasteiger partial charge in [0.1, 0.15) is 11.9 Å². The van der Waals surface area contributed by atoms with Gasteiger partial charge in [-0.05, 0) is 18.9 Å². The van der Waals surface area contributed by atoms with Crippen molar-refractivity contribution in [1.82, 2.24) is 0 Å². The maximum absolute atomic E-state index is 11.0. The van der Waals surface area contributed by atoms with Gasteiger partial charge in [-0.25, -0.2) is 4.79 Å². The van der Waals surface area contributed by atoms with Gasteiger partial charge in [-0.15, -0.1) is 0 Å². The van der Waals surface area contributed by atoms with Gasteiger partial charge in [0.25, 0.3) is 0 Å². The van der Waals surface area contributed by atoms with Crippen molar-refractivity contribution >= 4 is 11.9 Å². The van der Waals surface area contributed by atoms with Crippen LogP contribution in [0.5, 0.6) is 0 Å². The first-order valence-corrected chi connectivity index (χ1v) is 4.33. The van der Waals surface area contributed by atoms with E-state index < -0.39 is 6.09 Å². The van der Waals surface area contributed by atoms with Crippen LogP contribution in [0.25, 0.3) is 0 Å². The van der Waals surface area contributed by atoms with Gasteiger partial charge in [0.15, 0.2) is 0 Å². The summed E-state index contributed by atoms with van der Waals surface area (Å²) in [7, 11) is 0. The molecule has 4 heteroatoms. The van der Waals surface area contributed by atoms with Crippen molar-refractivity contribution in [2.75, 3.05) is 0 Å². The number of rotatable bonds is 1. The number of amides is 1. The predicted molar refractivity (Wildman–Crippen MR) is 47.1 cm³/mol. The van der Waals surface area contributed by atoms with E-state index in [4.69, 9.17) is 10.5 Å². The van der Waals surface area contributed by atoms with Crippen LogP contribution in [0.3, 0.4) is 0 Å². The van der Waals surface area contributed by atoms with Gasteiger partial charge in [-0.3, -0.25) is 4.79 Å². The highest BCUT2D eigenvalue weighted by Gasteiger charge is 2.12. The minimum Gasteiger partial charge on any atom is -0.442 e. The Hall–Kier alpha value is -1.32. The number of carbonyl (C=O) groups excluding carboxylic acids is 2. The highest BCUT2D eigenvalue weighted by atomic mass is 16.6. The first kappa shape index (κ1) is 9.77. The van der Waals surface area contributed by atoms with Crippen LogP contribution >= 0.6 is 0 Å². The molecule has 13 heavy (non-hydrogen) atoms. The maximum atomic E-state index is 11.0. The van der Waals surface area contributed by atoms with Crippen LogP contribution in [-0.4, -0.2) is 18.0 Å².